The topological polar surface area (TPSA) is 152 Å². The number of amides is 4. The number of nitrogens with zero attached hydrogens (tertiary/aromatic N) is 3. The third-order valence-corrected chi connectivity index (χ3v) is 7.20. The lowest BCUT2D eigenvalue weighted by Gasteiger charge is -2.27. The number of ether oxygens (including phenoxy) is 2. The summed E-state index contributed by atoms with van der Waals surface area (Å²) in [6.07, 6.45) is 2.59. The van der Waals surface area contributed by atoms with Gasteiger partial charge in [-0.25, -0.2) is 32.6 Å². The van der Waals surface area contributed by atoms with E-state index >= 15 is 0 Å². The molecule has 1 aromatic heterocycles. The Bertz CT molecular complexity index is 1600. The number of aromatic nitrogens is 1. The molecule has 0 atom stereocenters. The van der Waals surface area contributed by atoms with Crippen molar-refractivity contribution in [2.24, 2.45) is 5.73 Å². The second-order valence-corrected chi connectivity index (χ2v) is 10.2. The van der Waals surface area contributed by atoms with E-state index < -0.39 is 57.4 Å². The Hall–Kier alpha value is -4.79. The summed E-state index contributed by atoms with van der Waals surface area (Å²) in [5.41, 5.74) is 3.28. The van der Waals surface area contributed by atoms with E-state index in [-0.39, 0.29) is 12.2 Å². The van der Waals surface area contributed by atoms with Crippen LogP contribution in [0.5, 0.6) is 11.5 Å². The first-order valence-corrected chi connectivity index (χ1v) is 13.5. The number of carboxylic acid groups (broad SMARTS) is 1. The molecule has 0 spiro atoms. The average Bonchev–Trinajstić information content (AvgIpc) is 3.14. The van der Waals surface area contributed by atoms with Gasteiger partial charge in [0.15, 0.2) is 23.1 Å². The number of benzene rings is 2. The molecule has 1 saturated heterocycles. The summed E-state index contributed by atoms with van der Waals surface area (Å²) in [5.74, 6) is -5.68. The van der Waals surface area contributed by atoms with Gasteiger partial charge in [0.05, 0.1) is 24.8 Å². The van der Waals surface area contributed by atoms with Crippen LogP contribution in [0.15, 0.2) is 47.5 Å². The van der Waals surface area contributed by atoms with Crippen LogP contribution in [-0.2, 0) is 11.3 Å². The lowest BCUT2D eigenvalue weighted by atomic mass is 10.0. The van der Waals surface area contributed by atoms with E-state index in [1.165, 1.54) is 52.7 Å². The second-order valence-electron chi connectivity index (χ2n) is 9.40. The van der Waals surface area contributed by atoms with Gasteiger partial charge >= 0.3 is 12.0 Å². The summed E-state index contributed by atoms with van der Waals surface area (Å²) in [7, 11) is 3.03. The van der Waals surface area contributed by atoms with Crippen molar-refractivity contribution in [3.63, 3.8) is 0 Å². The molecule has 1 aliphatic heterocycles. The van der Waals surface area contributed by atoms with Gasteiger partial charge in [-0.2, -0.15) is 0 Å². The van der Waals surface area contributed by atoms with E-state index in [1.54, 1.807) is 18.2 Å². The second kappa shape index (κ2) is 13.0. The van der Waals surface area contributed by atoms with Crippen LogP contribution in [0.1, 0.15) is 40.3 Å². The summed E-state index contributed by atoms with van der Waals surface area (Å²) in [5, 5.41) is 9.06. The molecule has 0 radical (unpaired) electrons. The zero-order valence-corrected chi connectivity index (χ0v) is 24.4. The molecule has 0 bridgehead atoms. The summed E-state index contributed by atoms with van der Waals surface area (Å²) in [6.45, 7) is 2.59. The largest absolute Gasteiger partial charge is 0.493 e. The first kappa shape index (κ1) is 32.7. The van der Waals surface area contributed by atoms with Crippen molar-refractivity contribution in [1.29, 1.82) is 0 Å². The van der Waals surface area contributed by atoms with Crippen molar-refractivity contribution >= 4 is 41.3 Å². The number of carboxylic acids is 1. The molecular formula is C28H27F3N4O7S. The van der Waals surface area contributed by atoms with E-state index in [0.717, 1.165) is 4.90 Å². The number of anilines is 1. The smallest absolute Gasteiger partial charge is 0.354 e. The minimum atomic E-state index is -1.52. The van der Waals surface area contributed by atoms with Gasteiger partial charge in [0.2, 0.25) is 5.91 Å². The monoisotopic (exact) mass is 620 g/mol. The maximum Gasteiger partial charge on any atom is 0.354 e. The summed E-state index contributed by atoms with van der Waals surface area (Å²) in [6, 6.07) is 7.06. The molecule has 11 nitrogen and oxygen atoms in total. The molecule has 3 aromatic rings. The zero-order valence-electron chi connectivity index (χ0n) is 23.6. The molecule has 3 N–H and O–H groups in total. The number of nitrogens with two attached hydrogens (primary N) is 1. The number of halogens is 3. The molecular weight excluding hydrogens is 593 g/mol. The molecule has 15 heteroatoms. The number of rotatable bonds is 8. The third kappa shape index (κ3) is 6.51. The number of hydrogen-bond acceptors (Lipinski definition) is 8. The normalized spacial score (nSPS) is 13.9. The Morgan fingerprint density at radius 1 is 1.02 bits per heavy atom. The van der Waals surface area contributed by atoms with Crippen LogP contribution in [0, 0.1) is 17.5 Å². The zero-order chi connectivity index (χ0) is 32.2. The molecule has 4 amide bonds. The highest BCUT2D eigenvalue weighted by molar-refractivity contribution is 7.98. The number of methoxy groups -OCH3 is 2. The van der Waals surface area contributed by atoms with Crippen LogP contribution in [0.25, 0.3) is 0 Å². The number of carbonyl (C=O) groups is 4. The molecule has 228 valence electrons. The average molecular weight is 621 g/mol. The number of carbonyl (C=O) groups excluding carboxylic acids is 3. The third-order valence-electron chi connectivity index (χ3n) is 6.42. The van der Waals surface area contributed by atoms with Crippen molar-refractivity contribution in [3.8, 4) is 11.5 Å². The van der Waals surface area contributed by atoms with Gasteiger partial charge in [0.1, 0.15) is 17.1 Å². The van der Waals surface area contributed by atoms with Crippen molar-refractivity contribution in [2.75, 3.05) is 25.4 Å². The Balaban J connectivity index is 0.000000326. The fourth-order valence-corrected chi connectivity index (χ4v) is 4.61. The highest BCUT2D eigenvalue weighted by atomic mass is 32.2. The molecule has 1 aliphatic rings. The van der Waals surface area contributed by atoms with Crippen LogP contribution in [0.4, 0.5) is 23.7 Å². The van der Waals surface area contributed by atoms with Gasteiger partial charge in [0, 0.05) is 24.4 Å². The Morgan fingerprint density at radius 2 is 1.67 bits per heavy atom. The van der Waals surface area contributed by atoms with E-state index in [1.807, 2.05) is 0 Å². The maximum absolute atomic E-state index is 14.6. The highest BCUT2D eigenvalue weighted by Gasteiger charge is 2.52. The number of pyridine rings is 1. The molecule has 2 heterocycles. The van der Waals surface area contributed by atoms with Gasteiger partial charge in [0.25, 0.3) is 5.91 Å². The lowest BCUT2D eigenvalue weighted by molar-refractivity contribution is -0.123. The summed E-state index contributed by atoms with van der Waals surface area (Å²) < 4.78 is 53.0. The molecule has 1 fully saturated rings. The SMILES string of the molecule is COc1ccc(C(N)=O)cc1OC.CSc1c(F)cc(N2C(=O)N(Cc3ccnc(C(=O)O)c3)C(C)(C)C2=O)c(F)c1F. The van der Waals surface area contributed by atoms with Crippen molar-refractivity contribution in [2.45, 2.75) is 30.8 Å². The minimum absolute atomic E-state index is 0.202. The Kier molecular flexibility index (Phi) is 9.91. The fourth-order valence-electron chi connectivity index (χ4n) is 4.09. The number of imide groups is 1. The molecule has 0 saturated carbocycles. The fraction of sp³-hybridized carbons (Fsp3) is 0.250. The van der Waals surface area contributed by atoms with Crippen LogP contribution in [0.2, 0.25) is 0 Å². The van der Waals surface area contributed by atoms with Gasteiger partial charge in [-0.1, -0.05) is 0 Å². The van der Waals surface area contributed by atoms with E-state index in [2.05, 4.69) is 4.98 Å². The van der Waals surface area contributed by atoms with Gasteiger partial charge in [-0.05, 0) is 56.0 Å². The highest BCUT2D eigenvalue weighted by Crippen LogP contribution is 2.38. The Morgan fingerprint density at radius 3 is 2.23 bits per heavy atom. The van der Waals surface area contributed by atoms with Crippen LogP contribution >= 0.6 is 11.8 Å². The van der Waals surface area contributed by atoms with Crippen molar-refractivity contribution in [3.05, 3.63) is 76.9 Å². The summed E-state index contributed by atoms with van der Waals surface area (Å²) in [4.78, 5) is 52.3. The van der Waals surface area contributed by atoms with E-state index in [0.29, 0.717) is 45.4 Å². The first-order chi connectivity index (χ1) is 20.2. The maximum atomic E-state index is 14.6. The van der Waals surface area contributed by atoms with Crippen LogP contribution < -0.4 is 20.1 Å². The van der Waals surface area contributed by atoms with Crippen LogP contribution in [0.3, 0.4) is 0 Å². The molecule has 0 aliphatic carbocycles. The summed E-state index contributed by atoms with van der Waals surface area (Å²) >= 11 is 0.652. The van der Waals surface area contributed by atoms with Crippen molar-refractivity contribution < 1.29 is 46.9 Å². The number of hydrogen-bond donors (Lipinski definition) is 2. The van der Waals surface area contributed by atoms with E-state index in [4.69, 9.17) is 20.3 Å². The predicted molar refractivity (Wildman–Crippen MR) is 150 cm³/mol. The number of urea groups is 1. The standard InChI is InChI=1S/C19H16F3N3O4S.C9H11NO3/c1-19(2)17(28)25(12-7-10(20)15(30-3)14(22)13(12)21)18(29)24(19)8-9-4-5-23-11(6-9)16(26)27;1-12-7-4-3-6(9(10)11)5-8(7)13-2/h4-7H,8H2,1-3H3,(H,26,27);3-5H,1-2H3,(H2,10,11). The van der Waals surface area contributed by atoms with Gasteiger partial charge in [-0.15, -0.1) is 11.8 Å². The van der Waals surface area contributed by atoms with Crippen LogP contribution in [-0.4, -0.2) is 64.8 Å². The predicted octanol–water partition coefficient (Wildman–Crippen LogP) is 4.47. The quantitative estimate of drug-likeness (QED) is 0.211. The number of aromatic carboxylic acids is 1. The number of thioether (sulfide) groups is 1. The minimum Gasteiger partial charge on any atom is -0.493 e. The van der Waals surface area contributed by atoms with Gasteiger partial charge < -0.3 is 25.2 Å². The van der Waals surface area contributed by atoms with E-state index in [9.17, 15) is 32.3 Å². The molecule has 0 unspecified atom stereocenters. The molecule has 43 heavy (non-hydrogen) atoms. The number of primary amides is 1. The van der Waals surface area contributed by atoms with Gasteiger partial charge in [-0.3, -0.25) is 9.59 Å². The lowest BCUT2D eigenvalue weighted by Crippen LogP contribution is -2.43. The van der Waals surface area contributed by atoms with Crippen molar-refractivity contribution in [1.82, 2.24) is 9.88 Å². The Labute approximate surface area is 248 Å². The molecule has 4 rings (SSSR count). The molecule has 2 aromatic carbocycles. The first-order valence-electron chi connectivity index (χ1n) is 12.3.